The van der Waals surface area contributed by atoms with Crippen LogP contribution in [0.25, 0.3) is 0 Å². The lowest BCUT2D eigenvalue weighted by atomic mass is 10.3. The highest BCUT2D eigenvalue weighted by atomic mass is 16.1. The molecule has 0 aliphatic carbocycles. The molecule has 0 saturated heterocycles. The molecule has 0 aliphatic heterocycles. The maximum absolute atomic E-state index is 9.61. The molecule has 0 radical (unpaired) electrons. The first-order valence-corrected chi connectivity index (χ1v) is 2.30. The third-order valence-electron chi connectivity index (χ3n) is 0.650. The number of nitrogens with two attached hydrogens (primary N) is 1. The molecule has 0 unspecified atom stereocenters. The largest absolute Gasteiger partial charge is 0.393 e. The first-order valence-electron chi connectivity index (χ1n) is 2.30. The topological polar surface area (TPSA) is 43.1 Å². The average molecular weight is 99.1 g/mol. The molecular weight excluding hydrogens is 90.1 g/mol. The zero-order valence-corrected chi connectivity index (χ0v) is 4.40. The Labute approximate surface area is 43.0 Å². The van der Waals surface area contributed by atoms with Gasteiger partial charge in [0.25, 0.3) is 0 Å². The first-order chi connectivity index (χ1) is 3.31. The molecule has 2 heteroatoms. The van der Waals surface area contributed by atoms with Crippen LogP contribution in [0.3, 0.4) is 0 Å². The van der Waals surface area contributed by atoms with E-state index in [1.807, 2.05) is 6.92 Å². The summed E-state index contributed by atoms with van der Waals surface area (Å²) >= 11 is 0. The molecule has 0 aromatic rings. The Morgan fingerprint density at radius 1 is 1.86 bits per heavy atom. The number of allylic oxidation sites excluding steroid dienone is 1. The van der Waals surface area contributed by atoms with Crippen LogP contribution in [-0.2, 0) is 4.79 Å². The van der Waals surface area contributed by atoms with Gasteiger partial charge in [0, 0.05) is 0 Å². The van der Waals surface area contributed by atoms with Crippen LogP contribution in [0, 0.1) is 0 Å². The summed E-state index contributed by atoms with van der Waals surface area (Å²) in [6.07, 6.45) is 1.59. The number of hydrogen-bond acceptors (Lipinski definition) is 2. The normalized spacial score (nSPS) is 7.57. The van der Waals surface area contributed by atoms with Gasteiger partial charge >= 0.3 is 0 Å². The Hall–Kier alpha value is -0.750. The smallest absolute Gasteiger partial charge is 0.145 e. The summed E-state index contributed by atoms with van der Waals surface area (Å²) < 4.78 is 0. The lowest BCUT2D eigenvalue weighted by Crippen LogP contribution is -1.95. The second-order valence-electron chi connectivity index (χ2n) is 1.38. The van der Waals surface area contributed by atoms with E-state index in [4.69, 9.17) is 5.73 Å². The predicted molar refractivity (Wildman–Crippen MR) is 28.3 cm³/mol. The van der Waals surface area contributed by atoms with Crippen molar-refractivity contribution in [3.8, 4) is 0 Å². The van der Waals surface area contributed by atoms with Crippen molar-refractivity contribution in [2.45, 2.75) is 19.8 Å². The molecule has 0 saturated carbocycles. The molecule has 0 rings (SSSR count). The minimum absolute atomic E-state index is 0.322. The molecule has 0 aliphatic rings. The molecule has 0 spiro atoms. The fourth-order valence-corrected chi connectivity index (χ4v) is 0.320. The molecule has 40 valence electrons. The van der Waals surface area contributed by atoms with Crippen molar-refractivity contribution in [3.05, 3.63) is 5.70 Å². The van der Waals surface area contributed by atoms with Gasteiger partial charge in [-0.3, -0.25) is 0 Å². The van der Waals surface area contributed by atoms with Crippen molar-refractivity contribution in [1.82, 2.24) is 0 Å². The maximum Gasteiger partial charge on any atom is 0.145 e. The van der Waals surface area contributed by atoms with Crippen molar-refractivity contribution in [1.29, 1.82) is 0 Å². The summed E-state index contributed by atoms with van der Waals surface area (Å²) in [7, 11) is 0. The van der Waals surface area contributed by atoms with E-state index < -0.39 is 0 Å². The van der Waals surface area contributed by atoms with Crippen molar-refractivity contribution < 1.29 is 4.79 Å². The number of carbonyl (C=O) groups excluding carboxylic acids is 1. The fraction of sp³-hybridized carbons (Fsp3) is 0.600. The van der Waals surface area contributed by atoms with E-state index in [9.17, 15) is 4.79 Å². The van der Waals surface area contributed by atoms with Gasteiger partial charge in [-0.2, -0.15) is 0 Å². The molecule has 0 fully saturated rings. The van der Waals surface area contributed by atoms with Gasteiger partial charge in [0.05, 0.1) is 5.70 Å². The summed E-state index contributed by atoms with van der Waals surface area (Å²) in [5.74, 6) is 1.61. The molecule has 0 aromatic heterocycles. The maximum atomic E-state index is 9.61. The molecular formula is C5H9NO. The number of rotatable bonds is 2. The summed E-state index contributed by atoms with van der Waals surface area (Å²) in [6, 6.07) is 0. The van der Waals surface area contributed by atoms with E-state index in [0.717, 1.165) is 6.42 Å². The van der Waals surface area contributed by atoms with Crippen LogP contribution in [0.15, 0.2) is 5.70 Å². The Bertz CT molecular complexity index is 92.3. The van der Waals surface area contributed by atoms with Crippen LogP contribution < -0.4 is 5.73 Å². The van der Waals surface area contributed by atoms with E-state index in [1.54, 1.807) is 5.94 Å². The van der Waals surface area contributed by atoms with Gasteiger partial charge < -0.3 is 5.73 Å². The van der Waals surface area contributed by atoms with Crippen molar-refractivity contribution >= 4 is 5.94 Å². The Morgan fingerprint density at radius 3 is 2.57 bits per heavy atom. The average Bonchev–Trinajstić information content (AvgIpc) is 1.68. The Balaban J connectivity index is 3.37. The van der Waals surface area contributed by atoms with Gasteiger partial charge in [-0.25, -0.2) is 4.79 Å². The monoisotopic (exact) mass is 99.1 g/mol. The van der Waals surface area contributed by atoms with E-state index in [1.165, 1.54) is 0 Å². The van der Waals surface area contributed by atoms with Crippen LogP contribution in [0.2, 0.25) is 0 Å². The SMILES string of the molecule is CCCC(N)=C=O. The molecule has 0 bridgehead atoms. The molecule has 2 nitrogen and oxygen atoms in total. The van der Waals surface area contributed by atoms with Gasteiger partial charge in [0.15, 0.2) is 0 Å². The van der Waals surface area contributed by atoms with Crippen LogP contribution in [0.4, 0.5) is 0 Å². The minimum atomic E-state index is 0.322. The first kappa shape index (κ1) is 6.25. The van der Waals surface area contributed by atoms with E-state index >= 15 is 0 Å². The van der Waals surface area contributed by atoms with Crippen LogP contribution >= 0.6 is 0 Å². The molecule has 7 heavy (non-hydrogen) atoms. The molecule has 0 amide bonds. The van der Waals surface area contributed by atoms with Crippen LogP contribution in [-0.4, -0.2) is 5.94 Å². The Kier molecular flexibility index (Phi) is 3.07. The van der Waals surface area contributed by atoms with E-state index in [-0.39, 0.29) is 0 Å². The van der Waals surface area contributed by atoms with E-state index in [2.05, 4.69) is 0 Å². The van der Waals surface area contributed by atoms with Gasteiger partial charge in [-0.05, 0) is 12.8 Å². The zero-order chi connectivity index (χ0) is 5.70. The summed E-state index contributed by atoms with van der Waals surface area (Å²) in [4.78, 5) is 9.61. The van der Waals surface area contributed by atoms with Crippen LogP contribution in [0.5, 0.6) is 0 Å². The highest BCUT2D eigenvalue weighted by molar-refractivity contribution is 5.50. The van der Waals surface area contributed by atoms with Crippen molar-refractivity contribution in [2.75, 3.05) is 0 Å². The fourth-order valence-electron chi connectivity index (χ4n) is 0.320. The molecule has 2 N–H and O–H groups in total. The van der Waals surface area contributed by atoms with Gasteiger partial charge in [0.2, 0.25) is 0 Å². The summed E-state index contributed by atoms with van der Waals surface area (Å²) in [5, 5.41) is 0. The number of hydrogen-bond donors (Lipinski definition) is 1. The molecule has 0 aromatic carbocycles. The second-order valence-corrected chi connectivity index (χ2v) is 1.38. The van der Waals surface area contributed by atoms with Gasteiger partial charge in [0.1, 0.15) is 5.94 Å². The zero-order valence-electron chi connectivity index (χ0n) is 4.40. The van der Waals surface area contributed by atoms with Gasteiger partial charge in [-0.15, -0.1) is 0 Å². The van der Waals surface area contributed by atoms with Crippen molar-refractivity contribution in [3.63, 3.8) is 0 Å². The second kappa shape index (κ2) is 3.44. The van der Waals surface area contributed by atoms with Crippen molar-refractivity contribution in [2.24, 2.45) is 5.73 Å². The minimum Gasteiger partial charge on any atom is -0.393 e. The van der Waals surface area contributed by atoms with Gasteiger partial charge in [-0.1, -0.05) is 6.92 Å². The lowest BCUT2D eigenvalue weighted by Gasteiger charge is -1.85. The summed E-state index contributed by atoms with van der Waals surface area (Å²) in [5.41, 5.74) is 5.40. The van der Waals surface area contributed by atoms with Crippen LogP contribution in [0.1, 0.15) is 19.8 Å². The van der Waals surface area contributed by atoms with E-state index in [0.29, 0.717) is 12.1 Å². The highest BCUT2D eigenvalue weighted by Crippen LogP contribution is 1.89. The highest BCUT2D eigenvalue weighted by Gasteiger charge is 1.82. The lowest BCUT2D eigenvalue weighted by molar-refractivity contribution is 0.565. The third-order valence-corrected chi connectivity index (χ3v) is 0.650. The molecule has 0 atom stereocenters. The quantitative estimate of drug-likeness (QED) is 0.511. The molecule has 0 heterocycles. The standard InChI is InChI=1S/C5H9NO/c1-2-3-5(6)4-7/h2-3,6H2,1H3. The third kappa shape index (κ3) is 3.07. The summed E-state index contributed by atoms with van der Waals surface area (Å²) in [6.45, 7) is 1.96. The Morgan fingerprint density at radius 2 is 2.43 bits per heavy atom. The predicted octanol–water partition coefficient (Wildman–Crippen LogP) is 0.461.